The molecule has 2 aromatic rings. The van der Waals surface area contributed by atoms with E-state index in [4.69, 9.17) is 9.47 Å². The summed E-state index contributed by atoms with van der Waals surface area (Å²) in [5.41, 5.74) is -0.368. The Kier molecular flexibility index (Phi) is 7.00. The molecular formula is C25H33FN2O4. The number of benzene rings is 2. The maximum absolute atomic E-state index is 14.1. The first-order valence-corrected chi connectivity index (χ1v) is 11.3. The molecule has 32 heavy (non-hydrogen) atoms. The number of nitrogens with zero attached hydrogens (tertiary/aromatic N) is 2. The van der Waals surface area contributed by atoms with E-state index >= 15 is 0 Å². The van der Waals surface area contributed by atoms with Gasteiger partial charge in [0.25, 0.3) is 0 Å². The van der Waals surface area contributed by atoms with Crippen molar-refractivity contribution in [1.82, 2.24) is 4.90 Å². The molecule has 2 aliphatic heterocycles. The summed E-state index contributed by atoms with van der Waals surface area (Å²) in [5, 5.41) is 22.4. The lowest BCUT2D eigenvalue weighted by molar-refractivity contribution is -0.0742. The van der Waals surface area contributed by atoms with E-state index in [1.807, 2.05) is 42.2 Å². The van der Waals surface area contributed by atoms with Gasteiger partial charge in [0, 0.05) is 32.7 Å². The minimum Gasteiger partial charge on any atom is -0.490 e. The number of anilines is 1. The molecular weight excluding hydrogens is 411 g/mol. The van der Waals surface area contributed by atoms with Gasteiger partial charge in [-0.2, -0.15) is 0 Å². The summed E-state index contributed by atoms with van der Waals surface area (Å²) in [6, 6.07) is 14.5. The van der Waals surface area contributed by atoms with Crippen LogP contribution in [0.5, 0.6) is 5.75 Å². The quantitative estimate of drug-likeness (QED) is 0.714. The first kappa shape index (κ1) is 23.0. The van der Waals surface area contributed by atoms with Gasteiger partial charge in [0.15, 0.2) is 0 Å². The van der Waals surface area contributed by atoms with Crippen LogP contribution in [0.2, 0.25) is 0 Å². The van der Waals surface area contributed by atoms with Crippen LogP contribution in [-0.4, -0.2) is 78.9 Å². The van der Waals surface area contributed by atoms with Gasteiger partial charge in [-0.05, 0) is 49.6 Å². The number of hydrogen-bond acceptors (Lipinski definition) is 6. The lowest BCUT2D eigenvalue weighted by atomic mass is 9.90. The Bertz CT molecular complexity index is 903. The molecule has 0 bridgehead atoms. The van der Waals surface area contributed by atoms with E-state index in [0.717, 1.165) is 5.56 Å². The summed E-state index contributed by atoms with van der Waals surface area (Å²) < 4.78 is 25.6. The van der Waals surface area contributed by atoms with Crippen LogP contribution in [0, 0.1) is 12.7 Å². The van der Waals surface area contributed by atoms with Crippen LogP contribution >= 0.6 is 0 Å². The molecule has 0 aromatic heterocycles. The standard InChI is InChI=1S/C25H33FN2O4/c1-20-5-4-6-21(15-20)32-19-25(30)17-27(13-14-31-18-25)16-24(29)9-11-28(12-10-24)23-8-3-2-7-22(23)26/h2-8,15,29-30H,9-14,16-19H2,1H3/t25-/m1/s1. The minimum absolute atomic E-state index is 0.118. The van der Waals surface area contributed by atoms with E-state index in [1.54, 1.807) is 12.1 Å². The molecule has 2 aromatic carbocycles. The van der Waals surface area contributed by atoms with Crippen molar-refractivity contribution in [2.24, 2.45) is 0 Å². The van der Waals surface area contributed by atoms with Gasteiger partial charge in [-0.3, -0.25) is 4.90 Å². The zero-order valence-corrected chi connectivity index (χ0v) is 18.7. The van der Waals surface area contributed by atoms with Crippen LogP contribution in [-0.2, 0) is 4.74 Å². The maximum Gasteiger partial charge on any atom is 0.146 e. The third-order valence-electron chi connectivity index (χ3n) is 6.34. The Morgan fingerprint density at radius 2 is 1.81 bits per heavy atom. The molecule has 1 atom stereocenters. The maximum atomic E-state index is 14.1. The Hall–Kier alpha value is -2.19. The molecule has 0 unspecified atom stereocenters. The van der Waals surface area contributed by atoms with Crippen molar-refractivity contribution in [2.75, 3.05) is 57.4 Å². The van der Waals surface area contributed by atoms with Gasteiger partial charge in [-0.15, -0.1) is 0 Å². The van der Waals surface area contributed by atoms with Crippen molar-refractivity contribution >= 4 is 5.69 Å². The van der Waals surface area contributed by atoms with E-state index in [1.165, 1.54) is 6.07 Å². The van der Waals surface area contributed by atoms with Crippen molar-refractivity contribution in [3.8, 4) is 5.75 Å². The fraction of sp³-hybridized carbons (Fsp3) is 0.520. The van der Waals surface area contributed by atoms with Gasteiger partial charge in [0.2, 0.25) is 0 Å². The average molecular weight is 445 g/mol. The Balaban J connectivity index is 1.34. The van der Waals surface area contributed by atoms with Crippen LogP contribution in [0.3, 0.4) is 0 Å². The molecule has 0 radical (unpaired) electrons. The molecule has 2 aliphatic rings. The van der Waals surface area contributed by atoms with Crippen LogP contribution in [0.15, 0.2) is 48.5 Å². The second kappa shape index (κ2) is 9.75. The molecule has 0 amide bonds. The van der Waals surface area contributed by atoms with Gasteiger partial charge < -0.3 is 24.6 Å². The third-order valence-corrected chi connectivity index (χ3v) is 6.34. The fourth-order valence-corrected chi connectivity index (χ4v) is 4.59. The lowest BCUT2D eigenvalue weighted by Crippen LogP contribution is -2.55. The van der Waals surface area contributed by atoms with Gasteiger partial charge >= 0.3 is 0 Å². The van der Waals surface area contributed by atoms with Gasteiger partial charge in [-0.25, -0.2) is 4.39 Å². The van der Waals surface area contributed by atoms with Crippen LogP contribution in [0.1, 0.15) is 18.4 Å². The average Bonchev–Trinajstić information content (AvgIpc) is 2.95. The van der Waals surface area contributed by atoms with Crippen molar-refractivity contribution in [3.05, 3.63) is 59.9 Å². The van der Waals surface area contributed by atoms with E-state index in [9.17, 15) is 14.6 Å². The molecule has 7 heteroatoms. The summed E-state index contributed by atoms with van der Waals surface area (Å²) in [6.45, 7) is 5.39. The SMILES string of the molecule is Cc1cccc(OC[C@]2(O)COCCN(CC3(O)CCN(c4ccccc4F)CC3)C2)c1. The van der Waals surface area contributed by atoms with Crippen LogP contribution in [0.25, 0.3) is 0 Å². The summed E-state index contributed by atoms with van der Waals surface area (Å²) in [6.07, 6.45) is 1.08. The molecule has 2 N–H and O–H groups in total. The largest absolute Gasteiger partial charge is 0.490 e. The third kappa shape index (κ3) is 5.78. The highest BCUT2D eigenvalue weighted by molar-refractivity contribution is 5.48. The highest BCUT2D eigenvalue weighted by atomic mass is 19.1. The first-order valence-electron chi connectivity index (χ1n) is 11.3. The number of para-hydroxylation sites is 1. The number of hydrogen-bond donors (Lipinski definition) is 2. The normalized spacial score (nSPS) is 24.2. The van der Waals surface area contributed by atoms with E-state index < -0.39 is 11.2 Å². The van der Waals surface area contributed by atoms with Crippen LogP contribution in [0.4, 0.5) is 10.1 Å². The molecule has 4 rings (SSSR count). The Labute approximate surface area is 189 Å². The number of aryl methyl sites for hydroxylation is 1. The zero-order chi connectivity index (χ0) is 22.6. The molecule has 2 heterocycles. The molecule has 0 spiro atoms. The summed E-state index contributed by atoms with van der Waals surface area (Å²) in [4.78, 5) is 4.05. The van der Waals surface area contributed by atoms with E-state index in [2.05, 4.69) is 4.90 Å². The molecule has 2 fully saturated rings. The Morgan fingerprint density at radius 3 is 2.56 bits per heavy atom. The molecule has 2 saturated heterocycles. The van der Waals surface area contributed by atoms with Gasteiger partial charge in [0.1, 0.15) is 23.8 Å². The van der Waals surface area contributed by atoms with Gasteiger partial charge in [-0.1, -0.05) is 24.3 Å². The second-order valence-corrected chi connectivity index (χ2v) is 9.26. The Morgan fingerprint density at radius 1 is 1.03 bits per heavy atom. The van der Waals surface area contributed by atoms with E-state index in [-0.39, 0.29) is 19.0 Å². The number of rotatable bonds is 6. The zero-order valence-electron chi connectivity index (χ0n) is 18.7. The monoisotopic (exact) mass is 444 g/mol. The number of piperidine rings is 1. The molecule has 6 nitrogen and oxygen atoms in total. The number of halogens is 1. The second-order valence-electron chi connectivity index (χ2n) is 9.26. The van der Waals surface area contributed by atoms with Crippen LogP contribution < -0.4 is 9.64 Å². The predicted octanol–water partition coefficient (Wildman–Crippen LogP) is 2.61. The van der Waals surface area contributed by atoms with Gasteiger partial charge in [0.05, 0.1) is 24.5 Å². The highest BCUT2D eigenvalue weighted by Gasteiger charge is 2.39. The summed E-state index contributed by atoms with van der Waals surface area (Å²) >= 11 is 0. The smallest absolute Gasteiger partial charge is 0.146 e. The van der Waals surface area contributed by atoms with E-state index in [0.29, 0.717) is 63.6 Å². The van der Waals surface area contributed by atoms with Crippen molar-refractivity contribution in [3.63, 3.8) is 0 Å². The fourth-order valence-electron chi connectivity index (χ4n) is 4.59. The highest BCUT2D eigenvalue weighted by Crippen LogP contribution is 2.29. The molecule has 0 saturated carbocycles. The number of β-amino-alcohol motifs (C(OH)–C–C–N with tert-alkyl or cyclic N) is 2. The predicted molar refractivity (Wildman–Crippen MR) is 122 cm³/mol. The number of aliphatic hydroxyl groups is 2. The lowest BCUT2D eigenvalue weighted by Gasteiger charge is -2.42. The van der Waals surface area contributed by atoms with Crippen molar-refractivity contribution in [2.45, 2.75) is 31.0 Å². The minimum atomic E-state index is -1.16. The van der Waals surface area contributed by atoms with Crippen molar-refractivity contribution < 1.29 is 24.1 Å². The van der Waals surface area contributed by atoms with Crippen molar-refractivity contribution in [1.29, 1.82) is 0 Å². The molecule has 174 valence electrons. The topological polar surface area (TPSA) is 65.4 Å². The first-order chi connectivity index (χ1) is 15.3. The summed E-state index contributed by atoms with van der Waals surface area (Å²) in [7, 11) is 0. The molecule has 0 aliphatic carbocycles. The number of ether oxygens (including phenoxy) is 2. The summed E-state index contributed by atoms with van der Waals surface area (Å²) in [5.74, 6) is 0.481.